The van der Waals surface area contributed by atoms with E-state index < -0.39 is 14.6 Å². The molecule has 0 bridgehead atoms. The average Bonchev–Trinajstić information content (AvgIpc) is 2.86. The number of rotatable bonds is 2. The Morgan fingerprint density at radius 1 is 1.22 bits per heavy atom. The maximum Gasteiger partial charge on any atom is 0.185 e. The van der Waals surface area contributed by atoms with Crippen LogP contribution in [0, 0.1) is 5.92 Å². The number of nitrogens with zero attached hydrogens (tertiary/aromatic N) is 1. The summed E-state index contributed by atoms with van der Waals surface area (Å²) in [5.41, 5.74) is 0. The van der Waals surface area contributed by atoms with Crippen molar-refractivity contribution in [3.8, 4) is 0 Å². The SMILES string of the molecule is O=S(=O)(c1ccccc1)[C@@]12CCC[C@@H]1C1CN1C2. The molecule has 0 spiro atoms. The van der Waals surface area contributed by atoms with E-state index in [-0.39, 0.29) is 0 Å². The minimum Gasteiger partial charge on any atom is -0.296 e. The highest BCUT2D eigenvalue weighted by atomic mass is 32.2. The van der Waals surface area contributed by atoms with E-state index >= 15 is 0 Å². The molecule has 4 rings (SSSR count). The van der Waals surface area contributed by atoms with Gasteiger partial charge in [-0.15, -0.1) is 0 Å². The Hall–Kier alpha value is -0.870. The smallest absolute Gasteiger partial charge is 0.185 e. The van der Waals surface area contributed by atoms with Crippen LogP contribution in [0.2, 0.25) is 0 Å². The maximum absolute atomic E-state index is 13.0. The summed E-state index contributed by atoms with van der Waals surface area (Å²) in [6.07, 6.45) is 3.01. The van der Waals surface area contributed by atoms with Crippen LogP contribution in [0.4, 0.5) is 0 Å². The highest BCUT2D eigenvalue weighted by Gasteiger charge is 2.67. The van der Waals surface area contributed by atoms with Gasteiger partial charge in [-0.25, -0.2) is 8.42 Å². The monoisotopic (exact) mass is 263 g/mol. The third-order valence-corrected chi connectivity index (χ3v) is 7.67. The van der Waals surface area contributed by atoms with Gasteiger partial charge < -0.3 is 0 Å². The van der Waals surface area contributed by atoms with Gasteiger partial charge in [0.1, 0.15) is 0 Å². The summed E-state index contributed by atoms with van der Waals surface area (Å²) in [6.45, 7) is 1.89. The van der Waals surface area contributed by atoms with E-state index in [2.05, 4.69) is 4.90 Å². The lowest BCUT2D eigenvalue weighted by Gasteiger charge is -2.30. The number of piperidine rings is 1. The van der Waals surface area contributed by atoms with Crippen molar-refractivity contribution in [2.24, 2.45) is 5.92 Å². The molecule has 1 saturated carbocycles. The Morgan fingerprint density at radius 2 is 2.00 bits per heavy atom. The molecule has 1 aliphatic carbocycles. The van der Waals surface area contributed by atoms with E-state index in [0.29, 0.717) is 16.9 Å². The summed E-state index contributed by atoms with van der Waals surface area (Å²) in [6, 6.07) is 9.58. The Balaban J connectivity index is 1.83. The third kappa shape index (κ3) is 1.20. The summed E-state index contributed by atoms with van der Waals surface area (Å²) >= 11 is 0. The van der Waals surface area contributed by atoms with Crippen molar-refractivity contribution in [3.05, 3.63) is 30.3 Å². The number of hydrogen-bond acceptors (Lipinski definition) is 3. The molecule has 4 atom stereocenters. The molecule has 0 aromatic heterocycles. The highest BCUT2D eigenvalue weighted by molar-refractivity contribution is 7.93. The Kier molecular flexibility index (Phi) is 2.06. The summed E-state index contributed by atoms with van der Waals surface area (Å²) in [7, 11) is -3.18. The molecule has 4 heteroatoms. The summed E-state index contributed by atoms with van der Waals surface area (Å²) in [5.74, 6) is 0.378. The summed E-state index contributed by atoms with van der Waals surface area (Å²) < 4.78 is 25.5. The van der Waals surface area contributed by atoms with E-state index in [4.69, 9.17) is 0 Å². The van der Waals surface area contributed by atoms with Crippen LogP contribution in [0.3, 0.4) is 0 Å². The van der Waals surface area contributed by atoms with Gasteiger partial charge in [-0.3, -0.25) is 4.90 Å². The molecule has 1 aromatic rings. The van der Waals surface area contributed by atoms with E-state index in [1.165, 1.54) is 0 Å². The van der Waals surface area contributed by atoms with Gasteiger partial charge in [0.2, 0.25) is 0 Å². The van der Waals surface area contributed by atoms with Gasteiger partial charge in [0, 0.05) is 19.1 Å². The van der Waals surface area contributed by atoms with Crippen LogP contribution < -0.4 is 0 Å². The van der Waals surface area contributed by atoms with E-state index in [9.17, 15) is 8.42 Å². The molecule has 2 saturated heterocycles. The van der Waals surface area contributed by atoms with E-state index in [0.717, 1.165) is 32.4 Å². The second-order valence-corrected chi connectivity index (χ2v) is 8.17. The van der Waals surface area contributed by atoms with E-state index in [1.807, 2.05) is 18.2 Å². The standard InChI is InChI=1S/C14H17NO2S/c16-18(17,11-5-2-1-3-6-11)14-8-4-7-12(14)13-9-15(13)10-14/h1-3,5-6,12-13H,4,7-10H2/t12-,13?,14-,15?/m1/s1. The van der Waals surface area contributed by atoms with Crippen molar-refractivity contribution < 1.29 is 8.42 Å². The molecule has 3 aliphatic rings. The zero-order chi connectivity index (χ0) is 12.4. The van der Waals surface area contributed by atoms with Crippen LogP contribution in [0.5, 0.6) is 0 Å². The van der Waals surface area contributed by atoms with Gasteiger partial charge in [-0.2, -0.15) is 0 Å². The lowest BCUT2D eigenvalue weighted by atomic mass is 9.94. The minimum atomic E-state index is -3.18. The molecule has 96 valence electrons. The topological polar surface area (TPSA) is 37.1 Å². The second kappa shape index (κ2) is 3.36. The van der Waals surface area contributed by atoms with Gasteiger partial charge in [0.25, 0.3) is 0 Å². The van der Waals surface area contributed by atoms with E-state index in [1.54, 1.807) is 12.1 Å². The van der Waals surface area contributed by atoms with Gasteiger partial charge in [-0.1, -0.05) is 24.6 Å². The highest BCUT2D eigenvalue weighted by Crippen LogP contribution is 2.56. The molecule has 3 fully saturated rings. The first-order valence-electron chi connectivity index (χ1n) is 6.69. The van der Waals surface area contributed by atoms with Crippen LogP contribution >= 0.6 is 0 Å². The zero-order valence-electron chi connectivity index (χ0n) is 10.2. The fourth-order valence-electron chi connectivity index (χ4n) is 4.16. The quantitative estimate of drug-likeness (QED) is 0.762. The summed E-state index contributed by atoms with van der Waals surface area (Å²) in [5, 5.41) is 0. The number of fused-ring (bicyclic) bond motifs is 3. The van der Waals surface area contributed by atoms with Crippen LogP contribution in [-0.4, -0.2) is 37.2 Å². The lowest BCUT2D eigenvalue weighted by Crippen LogP contribution is -2.45. The van der Waals surface area contributed by atoms with Gasteiger partial charge in [-0.05, 0) is 30.9 Å². The van der Waals surface area contributed by atoms with Crippen molar-refractivity contribution in [1.82, 2.24) is 4.90 Å². The Morgan fingerprint density at radius 3 is 2.78 bits per heavy atom. The molecule has 2 unspecified atom stereocenters. The molecule has 0 amide bonds. The predicted molar refractivity (Wildman–Crippen MR) is 69.1 cm³/mol. The number of benzene rings is 1. The molecule has 0 radical (unpaired) electrons. The van der Waals surface area contributed by atoms with Crippen LogP contribution in [-0.2, 0) is 9.84 Å². The largest absolute Gasteiger partial charge is 0.296 e. The predicted octanol–water partition coefficient (Wildman–Crippen LogP) is 1.70. The molecule has 3 nitrogen and oxygen atoms in total. The summed E-state index contributed by atoms with van der Waals surface area (Å²) in [4.78, 5) is 2.85. The van der Waals surface area contributed by atoms with Crippen molar-refractivity contribution >= 4 is 9.84 Å². The fraction of sp³-hybridized carbons (Fsp3) is 0.571. The second-order valence-electron chi connectivity index (χ2n) is 5.88. The van der Waals surface area contributed by atoms with Crippen molar-refractivity contribution in [2.45, 2.75) is 34.9 Å². The molecular formula is C14H17NO2S. The molecular weight excluding hydrogens is 246 g/mol. The van der Waals surface area contributed by atoms with Crippen LogP contribution in [0.15, 0.2) is 35.2 Å². The van der Waals surface area contributed by atoms with Crippen LogP contribution in [0.25, 0.3) is 0 Å². The first-order valence-corrected chi connectivity index (χ1v) is 8.17. The Bertz CT molecular complexity index is 583. The van der Waals surface area contributed by atoms with Crippen molar-refractivity contribution in [2.75, 3.05) is 13.1 Å². The molecule has 0 N–H and O–H groups in total. The zero-order valence-corrected chi connectivity index (χ0v) is 11.1. The number of hydrogen-bond donors (Lipinski definition) is 0. The van der Waals surface area contributed by atoms with Crippen molar-refractivity contribution in [1.29, 1.82) is 0 Å². The molecule has 2 aliphatic heterocycles. The van der Waals surface area contributed by atoms with Gasteiger partial charge in [0.05, 0.1) is 9.64 Å². The average molecular weight is 263 g/mol. The Labute approximate surface area is 108 Å². The van der Waals surface area contributed by atoms with Gasteiger partial charge >= 0.3 is 0 Å². The fourth-order valence-corrected chi connectivity index (χ4v) is 6.57. The first kappa shape index (κ1) is 11.0. The normalized spacial score (nSPS) is 41.4. The first-order chi connectivity index (χ1) is 8.65. The molecule has 1 aromatic carbocycles. The lowest BCUT2D eigenvalue weighted by molar-refractivity contribution is 0.439. The number of sulfone groups is 1. The van der Waals surface area contributed by atoms with Crippen molar-refractivity contribution in [3.63, 3.8) is 0 Å². The maximum atomic E-state index is 13.0. The van der Waals surface area contributed by atoms with Gasteiger partial charge in [0.15, 0.2) is 9.84 Å². The minimum absolute atomic E-state index is 0.378. The van der Waals surface area contributed by atoms with Crippen LogP contribution in [0.1, 0.15) is 19.3 Å². The molecule has 2 heterocycles. The molecule has 18 heavy (non-hydrogen) atoms. The third-order valence-electron chi connectivity index (χ3n) is 5.07.